The molecule has 38 heavy (non-hydrogen) atoms. The zero-order valence-corrected chi connectivity index (χ0v) is 19.2. The van der Waals surface area contributed by atoms with Gasteiger partial charge in [0.25, 0.3) is 0 Å². The summed E-state index contributed by atoms with van der Waals surface area (Å²) >= 11 is 0. The summed E-state index contributed by atoms with van der Waals surface area (Å²) in [4.78, 5) is 45.1. The molecule has 0 spiro atoms. The summed E-state index contributed by atoms with van der Waals surface area (Å²) in [6.07, 6.45) is -3.55. The molecule has 4 heterocycles. The van der Waals surface area contributed by atoms with Crippen molar-refractivity contribution in [2.45, 2.75) is 25.0 Å². The Balaban J connectivity index is 0.000000301. The van der Waals surface area contributed by atoms with Gasteiger partial charge >= 0.3 is 24.3 Å². The molecule has 4 rings (SSSR count). The highest BCUT2D eigenvalue weighted by Crippen LogP contribution is 2.34. The van der Waals surface area contributed by atoms with Crippen molar-refractivity contribution < 1.29 is 55.7 Å². The molecule has 0 aliphatic carbocycles. The molecule has 2 aliphatic heterocycles. The first kappa shape index (κ1) is 30.4. The molecule has 2 fully saturated rings. The maximum absolute atomic E-state index is 12.5. The second kappa shape index (κ2) is 13.1. The molecule has 3 N–H and O–H groups in total. The quantitative estimate of drug-likeness (QED) is 0.480. The molecular weight excluding hydrogens is 532 g/mol. The Labute approximate surface area is 210 Å². The monoisotopic (exact) mass is 553 g/mol. The Morgan fingerprint density at radius 1 is 0.974 bits per heavy atom. The van der Waals surface area contributed by atoms with E-state index >= 15 is 0 Å². The van der Waals surface area contributed by atoms with Crippen LogP contribution < -0.4 is 5.32 Å². The number of carbonyl (C=O) groups excluding carboxylic acids is 1. The molecule has 208 valence electrons. The number of halogens is 6. The molecule has 0 saturated carbocycles. The first-order valence-corrected chi connectivity index (χ1v) is 10.6. The number of carbonyl (C=O) groups is 3. The predicted molar refractivity (Wildman–Crippen MR) is 114 cm³/mol. The lowest BCUT2D eigenvalue weighted by atomic mass is 9.92. The molecule has 1 amide bonds. The van der Waals surface area contributed by atoms with E-state index in [9.17, 15) is 31.1 Å². The van der Waals surface area contributed by atoms with Gasteiger partial charge in [-0.25, -0.2) is 14.6 Å². The van der Waals surface area contributed by atoms with E-state index in [-0.39, 0.29) is 23.8 Å². The van der Waals surface area contributed by atoms with Crippen LogP contribution in [-0.2, 0) is 25.7 Å². The highest BCUT2D eigenvalue weighted by Gasteiger charge is 2.47. The van der Waals surface area contributed by atoms with Crippen LogP contribution in [0.3, 0.4) is 0 Å². The summed E-state index contributed by atoms with van der Waals surface area (Å²) in [5, 5.41) is 17.1. The van der Waals surface area contributed by atoms with Crippen LogP contribution in [0.4, 0.5) is 32.2 Å². The molecule has 2 aromatic heterocycles. The topological polar surface area (TPSA) is 155 Å². The van der Waals surface area contributed by atoms with Gasteiger partial charge in [-0.2, -0.15) is 26.3 Å². The van der Waals surface area contributed by atoms with Gasteiger partial charge in [-0.15, -0.1) is 0 Å². The number of ether oxygens (including phenoxy) is 1. The van der Waals surface area contributed by atoms with Crippen LogP contribution in [0.25, 0.3) is 0 Å². The Hall–Kier alpha value is -3.86. The summed E-state index contributed by atoms with van der Waals surface area (Å²) < 4.78 is 69.3. The third kappa shape index (κ3) is 9.55. The molecule has 0 radical (unpaired) electrons. The summed E-state index contributed by atoms with van der Waals surface area (Å²) in [6, 6.07) is 5.93. The molecule has 2 saturated heterocycles. The number of hydrogen-bond donors (Lipinski definition) is 3. The molecule has 2 aliphatic rings. The van der Waals surface area contributed by atoms with Crippen molar-refractivity contribution in [3.63, 3.8) is 0 Å². The average molecular weight is 553 g/mol. The van der Waals surface area contributed by atoms with E-state index in [1.54, 1.807) is 24.8 Å². The van der Waals surface area contributed by atoms with Gasteiger partial charge in [0.2, 0.25) is 5.91 Å². The SMILES string of the molecule is O=C(Nc1cnccn1)[C@H]1CO[C@@H]2CN(Cc3ccccn3)C[C@H]12.O=C(O)C(F)(F)F.O=C(O)C(F)(F)F. The van der Waals surface area contributed by atoms with Gasteiger partial charge in [0.05, 0.1) is 30.5 Å². The maximum Gasteiger partial charge on any atom is 0.490 e. The Morgan fingerprint density at radius 2 is 1.61 bits per heavy atom. The van der Waals surface area contributed by atoms with Gasteiger partial charge in [-0.3, -0.25) is 19.7 Å². The Bertz CT molecular complexity index is 1050. The van der Waals surface area contributed by atoms with Gasteiger partial charge in [-0.1, -0.05) is 6.07 Å². The number of alkyl halides is 6. The van der Waals surface area contributed by atoms with Crippen molar-refractivity contribution in [1.82, 2.24) is 19.9 Å². The lowest BCUT2D eigenvalue weighted by Gasteiger charge is -2.18. The van der Waals surface area contributed by atoms with E-state index in [2.05, 4.69) is 25.2 Å². The zero-order valence-electron chi connectivity index (χ0n) is 19.2. The van der Waals surface area contributed by atoms with E-state index in [0.29, 0.717) is 12.4 Å². The predicted octanol–water partition coefficient (Wildman–Crippen LogP) is 2.22. The summed E-state index contributed by atoms with van der Waals surface area (Å²) in [7, 11) is 0. The van der Waals surface area contributed by atoms with Crippen LogP contribution in [0.5, 0.6) is 0 Å². The van der Waals surface area contributed by atoms with Crippen LogP contribution in [0.1, 0.15) is 5.69 Å². The van der Waals surface area contributed by atoms with Gasteiger partial charge in [0.15, 0.2) is 5.82 Å². The van der Waals surface area contributed by atoms with Crippen LogP contribution in [0.2, 0.25) is 0 Å². The number of likely N-dealkylation sites (tertiary alicyclic amines) is 1. The number of fused-ring (bicyclic) bond motifs is 1. The van der Waals surface area contributed by atoms with Crippen LogP contribution in [-0.4, -0.2) is 86.1 Å². The lowest BCUT2D eigenvalue weighted by Crippen LogP contribution is -2.32. The second-order valence-corrected chi connectivity index (χ2v) is 7.84. The van der Waals surface area contributed by atoms with E-state index in [4.69, 9.17) is 24.5 Å². The largest absolute Gasteiger partial charge is 0.490 e. The van der Waals surface area contributed by atoms with Gasteiger partial charge < -0.3 is 20.3 Å². The average Bonchev–Trinajstić information content (AvgIpc) is 3.40. The summed E-state index contributed by atoms with van der Waals surface area (Å²) in [5.74, 6) is -5.01. The van der Waals surface area contributed by atoms with E-state index in [1.807, 2.05) is 18.2 Å². The molecule has 0 bridgehead atoms. The third-order valence-electron chi connectivity index (χ3n) is 5.14. The molecule has 2 aromatic rings. The van der Waals surface area contributed by atoms with Crippen LogP contribution in [0, 0.1) is 11.8 Å². The van der Waals surface area contributed by atoms with E-state index in [1.165, 1.54) is 0 Å². The highest BCUT2D eigenvalue weighted by atomic mass is 19.4. The fraction of sp³-hybridized carbons (Fsp3) is 0.429. The number of hydrogen-bond acceptors (Lipinski definition) is 8. The summed E-state index contributed by atoms with van der Waals surface area (Å²) in [5.41, 5.74) is 1.04. The fourth-order valence-electron chi connectivity index (χ4n) is 3.50. The van der Waals surface area contributed by atoms with E-state index < -0.39 is 24.3 Å². The number of carboxylic acid groups (broad SMARTS) is 2. The number of rotatable bonds is 4. The molecular formula is C21H21F6N5O6. The Morgan fingerprint density at radius 3 is 2.11 bits per heavy atom. The number of anilines is 1. The molecule has 0 aromatic carbocycles. The van der Waals surface area contributed by atoms with Crippen molar-refractivity contribution in [3.05, 3.63) is 48.7 Å². The lowest BCUT2D eigenvalue weighted by molar-refractivity contribution is -0.193. The van der Waals surface area contributed by atoms with Crippen LogP contribution >= 0.6 is 0 Å². The van der Waals surface area contributed by atoms with Crippen LogP contribution in [0.15, 0.2) is 43.0 Å². The van der Waals surface area contributed by atoms with Crippen molar-refractivity contribution in [2.24, 2.45) is 11.8 Å². The van der Waals surface area contributed by atoms with Crippen molar-refractivity contribution in [1.29, 1.82) is 0 Å². The van der Waals surface area contributed by atoms with Gasteiger partial charge in [0, 0.05) is 44.1 Å². The molecule has 3 atom stereocenters. The second-order valence-electron chi connectivity index (χ2n) is 7.84. The van der Waals surface area contributed by atoms with E-state index in [0.717, 1.165) is 25.3 Å². The number of aliphatic carboxylic acids is 2. The van der Waals surface area contributed by atoms with Gasteiger partial charge in [-0.05, 0) is 12.1 Å². The van der Waals surface area contributed by atoms with Gasteiger partial charge in [0.1, 0.15) is 0 Å². The number of nitrogens with zero attached hydrogens (tertiary/aromatic N) is 4. The Kier molecular flexibility index (Phi) is 10.5. The number of aromatic nitrogens is 3. The third-order valence-corrected chi connectivity index (χ3v) is 5.14. The molecule has 0 unspecified atom stereocenters. The smallest absolute Gasteiger partial charge is 0.475 e. The maximum atomic E-state index is 12.5. The molecule has 17 heteroatoms. The first-order valence-electron chi connectivity index (χ1n) is 10.6. The standard InChI is InChI=1S/C17H19N5O2.2C2HF3O2/c23-17(21-16-7-18-5-6-20-16)14-11-24-15-10-22(9-13(14)15)8-12-3-1-2-4-19-12;2*3-2(4,5)1(6)7/h1-7,13-15H,8-11H2,(H,20,21,23);2*(H,6,7)/t13-,14+,15-;;/m1../s1. The van der Waals surface area contributed by atoms with Crippen molar-refractivity contribution >= 4 is 23.7 Å². The zero-order chi connectivity index (χ0) is 28.5. The molecule has 11 nitrogen and oxygen atoms in total. The summed E-state index contributed by atoms with van der Waals surface area (Å²) in [6.45, 7) is 2.95. The fourth-order valence-corrected chi connectivity index (χ4v) is 3.50. The van der Waals surface area contributed by atoms with Crippen molar-refractivity contribution in [2.75, 3.05) is 25.0 Å². The minimum Gasteiger partial charge on any atom is -0.475 e. The highest BCUT2D eigenvalue weighted by molar-refractivity contribution is 5.92. The minimum atomic E-state index is -5.08. The number of carboxylic acids is 2. The first-order chi connectivity index (χ1) is 17.7. The minimum absolute atomic E-state index is 0.0392. The number of amides is 1. The number of nitrogens with one attached hydrogen (secondary N) is 1. The normalized spacial score (nSPS) is 20.7. The van der Waals surface area contributed by atoms with Crippen molar-refractivity contribution in [3.8, 4) is 0 Å². The number of pyridine rings is 1.